The molecule has 170 valence electrons. The van der Waals surface area contributed by atoms with Crippen LogP contribution in [-0.4, -0.2) is 62.8 Å². The van der Waals surface area contributed by atoms with E-state index in [0.29, 0.717) is 11.1 Å². The first-order valence-electron chi connectivity index (χ1n) is 8.86. The minimum atomic E-state index is -0.954. The van der Waals surface area contributed by atoms with Crippen molar-refractivity contribution in [2.75, 3.05) is 35.5 Å². The molecule has 0 heterocycles. The Bertz CT molecular complexity index is 857. The topological polar surface area (TPSA) is 141 Å². The average molecular weight is 438 g/mol. The van der Waals surface area contributed by atoms with Crippen LogP contribution in [0.5, 0.6) is 34.5 Å². The molecule has 3 N–H and O–H groups in total. The maximum absolute atomic E-state index is 11.1. The lowest BCUT2D eigenvalue weighted by Gasteiger charge is -2.10. The smallest absolute Gasteiger partial charge is 0.309 e. The van der Waals surface area contributed by atoms with Gasteiger partial charge in [-0.3, -0.25) is 9.59 Å². The van der Waals surface area contributed by atoms with Crippen LogP contribution in [0.2, 0.25) is 0 Å². The quantitative estimate of drug-likeness (QED) is 0.525. The van der Waals surface area contributed by atoms with E-state index in [2.05, 4.69) is 4.74 Å². The lowest BCUT2D eigenvalue weighted by Crippen LogP contribution is -2.05. The highest BCUT2D eigenvalue weighted by molar-refractivity contribution is 5.73. The Hall–Kier alpha value is -3.82. The molecule has 10 nitrogen and oxygen atoms in total. The zero-order valence-electron chi connectivity index (χ0n) is 17.9. The number of hydrogen-bond acceptors (Lipinski definition) is 9. The van der Waals surface area contributed by atoms with Crippen LogP contribution in [0.4, 0.5) is 0 Å². The van der Waals surface area contributed by atoms with Crippen molar-refractivity contribution in [3.63, 3.8) is 0 Å². The molecule has 0 fully saturated rings. The van der Waals surface area contributed by atoms with Crippen molar-refractivity contribution in [3.05, 3.63) is 35.4 Å². The van der Waals surface area contributed by atoms with Crippen LogP contribution in [-0.2, 0) is 27.2 Å². The van der Waals surface area contributed by atoms with Gasteiger partial charge in [-0.2, -0.15) is 0 Å². The number of ether oxygens (including phenoxy) is 5. The largest absolute Gasteiger partial charge is 0.502 e. The Morgan fingerprint density at radius 2 is 1.00 bits per heavy atom. The number of benzene rings is 2. The van der Waals surface area contributed by atoms with E-state index in [1.54, 1.807) is 12.1 Å². The summed E-state index contributed by atoms with van der Waals surface area (Å²) in [5.74, 6) is -0.611. The molecule has 0 aliphatic heterocycles. The second kappa shape index (κ2) is 12.0. The third-order valence-electron chi connectivity index (χ3n) is 4.01. The van der Waals surface area contributed by atoms with E-state index in [0.717, 1.165) is 0 Å². The van der Waals surface area contributed by atoms with E-state index >= 15 is 0 Å². The highest BCUT2D eigenvalue weighted by Crippen LogP contribution is 2.38. The van der Waals surface area contributed by atoms with Crippen LogP contribution >= 0.6 is 0 Å². The number of aromatic hydroxyl groups is 2. The monoisotopic (exact) mass is 438 g/mol. The van der Waals surface area contributed by atoms with Gasteiger partial charge < -0.3 is 39.0 Å². The van der Waals surface area contributed by atoms with Crippen molar-refractivity contribution in [1.82, 2.24) is 0 Å². The van der Waals surface area contributed by atoms with Crippen LogP contribution < -0.4 is 18.9 Å². The Labute approximate surface area is 179 Å². The summed E-state index contributed by atoms with van der Waals surface area (Å²) in [6, 6.07) is 6.06. The van der Waals surface area contributed by atoms with Crippen molar-refractivity contribution in [1.29, 1.82) is 0 Å². The number of carbonyl (C=O) groups is 2. The molecule has 0 amide bonds. The zero-order chi connectivity index (χ0) is 23.6. The fourth-order valence-corrected chi connectivity index (χ4v) is 2.51. The molecule has 0 spiro atoms. The SMILES string of the molecule is COC(=O)Cc1cc(OC)c(O)c(OC)c1.COc1cc(CC(=O)O)cc(OC)c1O. The van der Waals surface area contributed by atoms with E-state index in [1.807, 2.05) is 0 Å². The molecule has 0 radical (unpaired) electrons. The van der Waals surface area contributed by atoms with Gasteiger partial charge in [0.15, 0.2) is 23.0 Å². The number of rotatable bonds is 8. The molecular weight excluding hydrogens is 412 g/mol. The number of carbonyl (C=O) groups excluding carboxylic acids is 1. The lowest BCUT2D eigenvalue weighted by molar-refractivity contribution is -0.140. The predicted octanol–water partition coefficient (Wildman–Crippen LogP) is 2.16. The number of aliphatic carboxylic acids is 1. The zero-order valence-corrected chi connectivity index (χ0v) is 17.9. The van der Waals surface area contributed by atoms with Gasteiger partial charge in [0, 0.05) is 0 Å². The van der Waals surface area contributed by atoms with E-state index in [9.17, 15) is 19.8 Å². The third-order valence-corrected chi connectivity index (χ3v) is 4.01. The maximum atomic E-state index is 11.1. The standard InChI is InChI=1S/C11H14O5.C10H12O5/c1-14-8-4-7(6-10(12)16-3)5-9(15-2)11(8)13;1-14-7-3-6(5-9(11)12)4-8(15-2)10(7)13/h4-5,13H,6H2,1-3H3;3-4,13H,5H2,1-2H3,(H,11,12). The number of esters is 1. The van der Waals surface area contributed by atoms with Gasteiger partial charge in [0.1, 0.15) is 0 Å². The Morgan fingerprint density at radius 1 is 0.677 bits per heavy atom. The maximum Gasteiger partial charge on any atom is 0.309 e. The van der Waals surface area contributed by atoms with E-state index in [4.69, 9.17) is 24.1 Å². The minimum absolute atomic E-state index is 0.0846. The Morgan fingerprint density at radius 3 is 1.26 bits per heavy atom. The van der Waals surface area contributed by atoms with Crippen molar-refractivity contribution >= 4 is 11.9 Å². The van der Waals surface area contributed by atoms with Crippen LogP contribution in [0.3, 0.4) is 0 Å². The summed E-state index contributed by atoms with van der Waals surface area (Å²) in [6.07, 6.45) is -0.0451. The summed E-state index contributed by atoms with van der Waals surface area (Å²) in [5.41, 5.74) is 1.16. The van der Waals surface area contributed by atoms with Gasteiger partial charge >= 0.3 is 11.9 Å². The normalized spacial score (nSPS) is 9.71. The van der Waals surface area contributed by atoms with Crippen LogP contribution in [0, 0.1) is 0 Å². The highest BCUT2D eigenvalue weighted by atomic mass is 16.5. The first kappa shape index (κ1) is 25.2. The van der Waals surface area contributed by atoms with Gasteiger partial charge in [-0.1, -0.05) is 0 Å². The van der Waals surface area contributed by atoms with Crippen molar-refractivity contribution in [2.45, 2.75) is 12.8 Å². The van der Waals surface area contributed by atoms with Gasteiger partial charge in [0.05, 0.1) is 48.4 Å². The van der Waals surface area contributed by atoms with Gasteiger partial charge in [-0.05, 0) is 35.4 Å². The van der Waals surface area contributed by atoms with Crippen molar-refractivity contribution in [3.8, 4) is 34.5 Å². The highest BCUT2D eigenvalue weighted by Gasteiger charge is 2.14. The Balaban J connectivity index is 0.000000311. The summed E-state index contributed by atoms with van der Waals surface area (Å²) >= 11 is 0. The van der Waals surface area contributed by atoms with Gasteiger partial charge in [0.2, 0.25) is 11.5 Å². The molecule has 31 heavy (non-hydrogen) atoms. The predicted molar refractivity (Wildman–Crippen MR) is 109 cm³/mol. The second-order valence-corrected chi connectivity index (χ2v) is 6.02. The average Bonchev–Trinajstić information content (AvgIpc) is 2.75. The molecule has 2 aromatic carbocycles. The van der Waals surface area contributed by atoms with Gasteiger partial charge in [-0.15, -0.1) is 0 Å². The first-order chi connectivity index (χ1) is 14.7. The Kier molecular flexibility index (Phi) is 9.77. The molecule has 0 atom stereocenters. The summed E-state index contributed by atoms with van der Waals surface area (Å²) in [5, 5.41) is 27.8. The summed E-state index contributed by atoms with van der Waals surface area (Å²) in [6.45, 7) is 0. The lowest BCUT2D eigenvalue weighted by atomic mass is 10.1. The fraction of sp³-hybridized carbons (Fsp3) is 0.333. The summed E-state index contributed by atoms with van der Waals surface area (Å²) in [7, 11) is 6.95. The molecule has 0 bridgehead atoms. The number of carboxylic acids is 1. The van der Waals surface area contributed by atoms with Crippen molar-refractivity contribution < 1.29 is 48.6 Å². The van der Waals surface area contributed by atoms with E-state index < -0.39 is 5.97 Å². The number of methoxy groups -OCH3 is 5. The number of phenols is 2. The van der Waals surface area contributed by atoms with Crippen molar-refractivity contribution in [2.24, 2.45) is 0 Å². The number of phenolic OH excluding ortho intramolecular Hbond substituents is 2. The molecule has 0 aliphatic carbocycles. The van der Waals surface area contributed by atoms with E-state index in [1.165, 1.54) is 47.7 Å². The molecule has 0 saturated carbocycles. The van der Waals surface area contributed by atoms with Crippen LogP contribution in [0.1, 0.15) is 11.1 Å². The first-order valence-corrected chi connectivity index (χ1v) is 8.86. The van der Waals surface area contributed by atoms with Gasteiger partial charge in [0.25, 0.3) is 0 Å². The number of carboxylic acid groups (broad SMARTS) is 1. The van der Waals surface area contributed by atoms with Crippen LogP contribution in [0.15, 0.2) is 24.3 Å². The number of hydrogen-bond donors (Lipinski definition) is 3. The molecule has 0 saturated heterocycles. The molecular formula is C21H26O10. The van der Waals surface area contributed by atoms with E-state index in [-0.39, 0.29) is 53.3 Å². The summed E-state index contributed by atoms with van der Waals surface area (Å²) in [4.78, 5) is 21.6. The molecule has 0 aliphatic rings. The molecule has 2 aromatic rings. The molecule has 2 rings (SSSR count). The van der Waals surface area contributed by atoms with Gasteiger partial charge in [-0.25, -0.2) is 0 Å². The summed E-state index contributed by atoms with van der Waals surface area (Å²) < 4.78 is 24.2. The van der Waals surface area contributed by atoms with Crippen LogP contribution in [0.25, 0.3) is 0 Å². The third kappa shape index (κ3) is 7.18. The minimum Gasteiger partial charge on any atom is -0.502 e. The second-order valence-electron chi connectivity index (χ2n) is 6.02. The molecule has 10 heteroatoms. The fourth-order valence-electron chi connectivity index (χ4n) is 2.51. The molecule has 0 aromatic heterocycles. The molecule has 0 unspecified atom stereocenters.